The van der Waals surface area contributed by atoms with E-state index in [0.717, 1.165) is 10.2 Å². The highest BCUT2D eigenvalue weighted by Crippen LogP contribution is 2.33. The van der Waals surface area contributed by atoms with Crippen LogP contribution in [0.5, 0.6) is 0 Å². The van der Waals surface area contributed by atoms with Crippen molar-refractivity contribution < 1.29 is 4.39 Å². The van der Waals surface area contributed by atoms with Crippen LogP contribution in [0.15, 0.2) is 40.2 Å². The van der Waals surface area contributed by atoms with E-state index in [0.29, 0.717) is 6.54 Å². The fraction of sp³-hybridized carbons (Fsp3) is 0.231. The van der Waals surface area contributed by atoms with Crippen LogP contribution in [0, 0.1) is 5.82 Å². The van der Waals surface area contributed by atoms with Crippen molar-refractivity contribution in [1.29, 1.82) is 0 Å². The summed E-state index contributed by atoms with van der Waals surface area (Å²) in [7, 11) is 1.97. The standard InChI is InChI=1S/C13H14BrFN2S/c1-17(10-4-2-9(15)3-5-10)12(8-16)13-11(14)6-7-18-13/h2-7,12H,8,16H2,1H3. The number of nitrogens with two attached hydrogens (primary N) is 1. The number of benzene rings is 1. The van der Waals surface area contributed by atoms with Gasteiger partial charge in [0.1, 0.15) is 5.82 Å². The summed E-state index contributed by atoms with van der Waals surface area (Å²) in [5.41, 5.74) is 6.82. The van der Waals surface area contributed by atoms with E-state index in [4.69, 9.17) is 5.73 Å². The molecular formula is C13H14BrFN2S. The third kappa shape index (κ3) is 2.74. The molecule has 0 bridgehead atoms. The zero-order valence-corrected chi connectivity index (χ0v) is 12.3. The highest BCUT2D eigenvalue weighted by Gasteiger charge is 2.19. The van der Waals surface area contributed by atoms with Gasteiger partial charge in [-0.1, -0.05) is 0 Å². The van der Waals surface area contributed by atoms with E-state index in [9.17, 15) is 4.39 Å². The first kappa shape index (κ1) is 13.5. The highest BCUT2D eigenvalue weighted by molar-refractivity contribution is 9.10. The van der Waals surface area contributed by atoms with Crippen molar-refractivity contribution in [1.82, 2.24) is 0 Å². The van der Waals surface area contributed by atoms with E-state index in [1.807, 2.05) is 18.5 Å². The summed E-state index contributed by atoms with van der Waals surface area (Å²) in [6.45, 7) is 0.507. The lowest BCUT2D eigenvalue weighted by Crippen LogP contribution is -2.30. The minimum atomic E-state index is -0.228. The molecule has 18 heavy (non-hydrogen) atoms. The Hall–Kier alpha value is -0.910. The average molecular weight is 329 g/mol. The number of likely N-dealkylation sites (N-methyl/N-ethyl adjacent to an activating group) is 1. The average Bonchev–Trinajstić information content (AvgIpc) is 2.78. The van der Waals surface area contributed by atoms with E-state index in [1.165, 1.54) is 17.0 Å². The van der Waals surface area contributed by atoms with Crippen molar-refractivity contribution in [2.75, 3.05) is 18.5 Å². The predicted octanol–water partition coefficient (Wildman–Crippen LogP) is 3.79. The van der Waals surface area contributed by atoms with E-state index in [-0.39, 0.29) is 11.9 Å². The van der Waals surface area contributed by atoms with Crippen LogP contribution < -0.4 is 10.6 Å². The van der Waals surface area contributed by atoms with Gasteiger partial charge in [0.05, 0.1) is 6.04 Å². The van der Waals surface area contributed by atoms with Gasteiger partial charge in [-0.2, -0.15) is 0 Å². The first-order valence-corrected chi connectivity index (χ1v) is 7.22. The summed E-state index contributed by atoms with van der Waals surface area (Å²) in [5.74, 6) is -0.228. The molecule has 0 aliphatic carbocycles. The Morgan fingerprint density at radius 2 is 2.00 bits per heavy atom. The third-order valence-electron chi connectivity index (χ3n) is 2.87. The van der Waals surface area contributed by atoms with Crippen molar-refractivity contribution in [3.63, 3.8) is 0 Å². The lowest BCUT2D eigenvalue weighted by atomic mass is 10.2. The summed E-state index contributed by atoms with van der Waals surface area (Å²) in [6.07, 6.45) is 0. The van der Waals surface area contributed by atoms with Crippen molar-refractivity contribution in [3.05, 3.63) is 50.9 Å². The zero-order chi connectivity index (χ0) is 13.1. The maximum Gasteiger partial charge on any atom is 0.123 e. The maximum atomic E-state index is 12.9. The molecule has 0 fully saturated rings. The van der Waals surface area contributed by atoms with Gasteiger partial charge in [0.25, 0.3) is 0 Å². The van der Waals surface area contributed by atoms with Gasteiger partial charge in [0, 0.05) is 28.6 Å². The second-order valence-corrected chi connectivity index (χ2v) is 5.77. The Morgan fingerprint density at radius 1 is 1.33 bits per heavy atom. The van der Waals surface area contributed by atoms with Crippen LogP contribution in [0.3, 0.4) is 0 Å². The molecule has 2 nitrogen and oxygen atoms in total. The molecule has 1 aromatic carbocycles. The van der Waals surface area contributed by atoms with Crippen LogP contribution in [0.1, 0.15) is 10.9 Å². The van der Waals surface area contributed by atoms with Crippen molar-refractivity contribution in [3.8, 4) is 0 Å². The Labute approximate surface area is 118 Å². The number of nitrogens with zero attached hydrogens (tertiary/aromatic N) is 1. The SMILES string of the molecule is CN(c1ccc(F)cc1)C(CN)c1sccc1Br. The Kier molecular flexibility index (Phi) is 4.37. The van der Waals surface area contributed by atoms with Crippen molar-refractivity contribution in [2.24, 2.45) is 5.73 Å². The zero-order valence-electron chi connectivity index (χ0n) is 9.94. The van der Waals surface area contributed by atoms with Crippen LogP contribution in [-0.2, 0) is 0 Å². The molecule has 0 radical (unpaired) electrons. The number of anilines is 1. The molecule has 0 saturated carbocycles. The number of thiophene rings is 1. The van der Waals surface area contributed by atoms with Gasteiger partial charge in [-0.25, -0.2) is 4.39 Å². The van der Waals surface area contributed by atoms with E-state index in [2.05, 4.69) is 20.8 Å². The van der Waals surface area contributed by atoms with Crippen LogP contribution in [0.4, 0.5) is 10.1 Å². The van der Waals surface area contributed by atoms with Gasteiger partial charge in [0.15, 0.2) is 0 Å². The van der Waals surface area contributed by atoms with Gasteiger partial charge >= 0.3 is 0 Å². The summed E-state index contributed by atoms with van der Waals surface area (Å²) >= 11 is 5.19. The second-order valence-electron chi connectivity index (χ2n) is 3.97. The van der Waals surface area contributed by atoms with E-state index < -0.39 is 0 Å². The molecule has 1 unspecified atom stereocenters. The Balaban J connectivity index is 2.28. The Bertz CT molecular complexity index is 512. The summed E-state index contributed by atoms with van der Waals surface area (Å²) in [6, 6.07) is 8.55. The molecule has 1 aromatic heterocycles. The van der Waals surface area contributed by atoms with Gasteiger partial charge < -0.3 is 10.6 Å². The molecule has 0 amide bonds. The van der Waals surface area contributed by atoms with Gasteiger partial charge in [-0.3, -0.25) is 0 Å². The van der Waals surface area contributed by atoms with Crippen LogP contribution in [0.2, 0.25) is 0 Å². The first-order valence-electron chi connectivity index (χ1n) is 5.55. The molecule has 0 aliphatic rings. The molecule has 1 heterocycles. The van der Waals surface area contributed by atoms with Crippen molar-refractivity contribution in [2.45, 2.75) is 6.04 Å². The fourth-order valence-electron chi connectivity index (χ4n) is 1.84. The summed E-state index contributed by atoms with van der Waals surface area (Å²) in [4.78, 5) is 3.25. The minimum absolute atomic E-state index is 0.0878. The predicted molar refractivity (Wildman–Crippen MR) is 78.6 cm³/mol. The largest absolute Gasteiger partial charge is 0.365 e. The van der Waals surface area contributed by atoms with Gasteiger partial charge in [0.2, 0.25) is 0 Å². The fourth-order valence-corrected chi connectivity index (χ4v) is 3.63. The summed E-state index contributed by atoms with van der Waals surface area (Å²) in [5, 5.41) is 2.03. The van der Waals surface area contributed by atoms with Gasteiger partial charge in [-0.15, -0.1) is 11.3 Å². The Morgan fingerprint density at radius 3 is 2.50 bits per heavy atom. The number of hydrogen-bond donors (Lipinski definition) is 1. The molecular weight excluding hydrogens is 315 g/mol. The number of rotatable bonds is 4. The van der Waals surface area contributed by atoms with E-state index in [1.54, 1.807) is 23.5 Å². The van der Waals surface area contributed by atoms with Crippen LogP contribution in [-0.4, -0.2) is 13.6 Å². The molecule has 2 rings (SSSR count). The van der Waals surface area contributed by atoms with Crippen molar-refractivity contribution >= 4 is 33.0 Å². The van der Waals surface area contributed by atoms with Crippen LogP contribution >= 0.6 is 27.3 Å². The smallest absolute Gasteiger partial charge is 0.123 e. The van der Waals surface area contributed by atoms with Gasteiger partial charge in [-0.05, 0) is 51.6 Å². The quantitative estimate of drug-likeness (QED) is 0.925. The lowest BCUT2D eigenvalue weighted by molar-refractivity contribution is 0.626. The molecule has 0 aliphatic heterocycles. The molecule has 0 saturated heterocycles. The first-order chi connectivity index (χ1) is 8.63. The van der Waals surface area contributed by atoms with Crippen LogP contribution in [0.25, 0.3) is 0 Å². The highest BCUT2D eigenvalue weighted by atomic mass is 79.9. The van der Waals surface area contributed by atoms with E-state index >= 15 is 0 Å². The lowest BCUT2D eigenvalue weighted by Gasteiger charge is -2.28. The topological polar surface area (TPSA) is 29.3 Å². The molecule has 1 atom stereocenters. The molecule has 2 aromatic rings. The summed E-state index contributed by atoms with van der Waals surface area (Å²) < 4.78 is 14.0. The third-order valence-corrected chi connectivity index (χ3v) is 4.84. The molecule has 96 valence electrons. The minimum Gasteiger partial charge on any atom is -0.365 e. The maximum absolute atomic E-state index is 12.9. The normalized spacial score (nSPS) is 12.4. The molecule has 5 heteroatoms. The number of halogens is 2. The molecule has 2 N–H and O–H groups in total. The number of hydrogen-bond acceptors (Lipinski definition) is 3. The monoisotopic (exact) mass is 328 g/mol. The second kappa shape index (κ2) is 5.82. The molecule has 0 spiro atoms.